The predicted octanol–water partition coefficient (Wildman–Crippen LogP) is 6.73. The van der Waals surface area contributed by atoms with Crippen molar-refractivity contribution in [3.8, 4) is 11.8 Å². The standard InChI is InChI=1S/C30H35NO4.ClH/c1-5-7-11-27-28(25-20-24(16-17-26(25)35-27)30(33)34-21(3)4)29(32)23-14-12-22(13-15-23)10-9-19-31-18-8-6-2;/h12-17,20-21,31H,5-8,11,18-19H2,1-4H3;1H. The first-order chi connectivity index (χ1) is 16.9. The van der Waals surface area contributed by atoms with Gasteiger partial charge in [-0.05, 0) is 75.7 Å². The zero-order chi connectivity index (χ0) is 25.2. The molecular weight excluding hydrogens is 474 g/mol. The van der Waals surface area contributed by atoms with E-state index in [4.69, 9.17) is 9.15 Å². The van der Waals surface area contributed by atoms with Crippen LogP contribution in [0, 0.1) is 11.8 Å². The minimum absolute atomic E-state index is 0. The van der Waals surface area contributed by atoms with Crippen LogP contribution in [-0.4, -0.2) is 30.9 Å². The van der Waals surface area contributed by atoms with Gasteiger partial charge in [-0.2, -0.15) is 0 Å². The third-order valence-electron chi connectivity index (χ3n) is 5.62. The Morgan fingerprint density at radius 2 is 1.69 bits per heavy atom. The number of benzene rings is 2. The zero-order valence-electron chi connectivity index (χ0n) is 21.6. The summed E-state index contributed by atoms with van der Waals surface area (Å²) in [6.07, 6.45) is 4.62. The van der Waals surface area contributed by atoms with E-state index in [1.807, 2.05) is 26.0 Å². The number of aryl methyl sites for hydroxylation is 1. The Bertz CT molecular complexity index is 1220. The maximum Gasteiger partial charge on any atom is 0.338 e. The smallest absolute Gasteiger partial charge is 0.338 e. The van der Waals surface area contributed by atoms with Gasteiger partial charge in [-0.3, -0.25) is 4.79 Å². The molecule has 3 rings (SSSR count). The van der Waals surface area contributed by atoms with Gasteiger partial charge in [0.1, 0.15) is 11.3 Å². The molecule has 3 aromatic rings. The largest absolute Gasteiger partial charge is 0.460 e. The first kappa shape index (κ1) is 29.2. The number of hydrogen-bond donors (Lipinski definition) is 1. The summed E-state index contributed by atoms with van der Waals surface area (Å²) in [6.45, 7) is 9.49. The molecule has 0 unspecified atom stereocenters. The summed E-state index contributed by atoms with van der Waals surface area (Å²) in [7, 11) is 0. The highest BCUT2D eigenvalue weighted by Crippen LogP contribution is 2.31. The Kier molecular flexibility index (Phi) is 11.7. The summed E-state index contributed by atoms with van der Waals surface area (Å²) in [5.41, 5.74) is 2.94. The molecule has 0 aliphatic rings. The van der Waals surface area contributed by atoms with E-state index in [2.05, 4.69) is 31.0 Å². The maximum absolute atomic E-state index is 13.6. The van der Waals surface area contributed by atoms with Crippen LogP contribution in [0.1, 0.15) is 91.0 Å². The van der Waals surface area contributed by atoms with Crippen molar-refractivity contribution in [2.45, 2.75) is 65.9 Å². The molecule has 1 aromatic heterocycles. The van der Waals surface area contributed by atoms with E-state index < -0.39 is 5.97 Å². The lowest BCUT2D eigenvalue weighted by atomic mass is 9.97. The molecule has 0 spiro atoms. The normalized spacial score (nSPS) is 10.6. The zero-order valence-corrected chi connectivity index (χ0v) is 22.4. The molecular formula is C30H36ClNO4. The van der Waals surface area contributed by atoms with E-state index in [9.17, 15) is 9.59 Å². The van der Waals surface area contributed by atoms with Crippen molar-refractivity contribution in [3.63, 3.8) is 0 Å². The summed E-state index contributed by atoms with van der Waals surface area (Å²) in [5.74, 6) is 6.37. The Labute approximate surface area is 220 Å². The highest BCUT2D eigenvalue weighted by molar-refractivity contribution is 6.17. The van der Waals surface area contributed by atoms with E-state index in [0.29, 0.717) is 46.4 Å². The number of nitrogens with one attached hydrogen (secondary N) is 1. The van der Waals surface area contributed by atoms with Crippen LogP contribution in [0.25, 0.3) is 11.0 Å². The summed E-state index contributed by atoms with van der Waals surface area (Å²) in [5, 5.41) is 3.94. The number of ether oxygens (including phenoxy) is 1. The van der Waals surface area contributed by atoms with Crippen molar-refractivity contribution in [1.29, 1.82) is 0 Å². The summed E-state index contributed by atoms with van der Waals surface area (Å²) < 4.78 is 11.4. The van der Waals surface area contributed by atoms with Crippen molar-refractivity contribution >= 4 is 35.1 Å². The van der Waals surface area contributed by atoms with Gasteiger partial charge in [0.15, 0.2) is 5.78 Å². The van der Waals surface area contributed by atoms with Crippen LogP contribution < -0.4 is 5.32 Å². The first-order valence-corrected chi connectivity index (χ1v) is 12.5. The molecule has 0 aliphatic heterocycles. The Balaban J connectivity index is 0.00000456. The van der Waals surface area contributed by atoms with Crippen molar-refractivity contribution in [3.05, 3.63) is 70.5 Å². The van der Waals surface area contributed by atoms with Crippen LogP contribution in [0.3, 0.4) is 0 Å². The molecule has 0 atom stereocenters. The first-order valence-electron chi connectivity index (χ1n) is 12.5. The van der Waals surface area contributed by atoms with Crippen molar-refractivity contribution in [2.75, 3.05) is 13.1 Å². The lowest BCUT2D eigenvalue weighted by Crippen LogP contribution is -2.14. The summed E-state index contributed by atoms with van der Waals surface area (Å²) in [4.78, 5) is 26.1. The Morgan fingerprint density at radius 1 is 1.00 bits per heavy atom. The fraction of sp³-hybridized carbons (Fsp3) is 0.400. The number of rotatable bonds is 11. The Morgan fingerprint density at radius 3 is 2.36 bits per heavy atom. The number of carbonyl (C=O) groups excluding carboxylic acids is 2. The van der Waals surface area contributed by atoms with E-state index in [1.54, 1.807) is 30.3 Å². The van der Waals surface area contributed by atoms with Crippen LogP contribution >= 0.6 is 12.4 Å². The topological polar surface area (TPSA) is 68.5 Å². The molecule has 5 nitrogen and oxygen atoms in total. The van der Waals surface area contributed by atoms with Crippen LogP contribution in [0.15, 0.2) is 46.9 Å². The average Bonchev–Trinajstić information content (AvgIpc) is 3.21. The molecule has 0 saturated carbocycles. The number of esters is 1. The second-order valence-corrected chi connectivity index (χ2v) is 8.91. The number of halogens is 1. The molecule has 6 heteroatoms. The number of carbonyl (C=O) groups is 2. The van der Waals surface area contributed by atoms with Gasteiger partial charge < -0.3 is 14.5 Å². The van der Waals surface area contributed by atoms with Gasteiger partial charge in [-0.15, -0.1) is 12.4 Å². The molecule has 0 saturated heterocycles. The quantitative estimate of drug-likeness (QED) is 0.134. The second kappa shape index (κ2) is 14.5. The predicted molar refractivity (Wildman–Crippen MR) is 147 cm³/mol. The van der Waals surface area contributed by atoms with Gasteiger partial charge in [-0.25, -0.2) is 4.79 Å². The van der Waals surface area contributed by atoms with E-state index >= 15 is 0 Å². The molecule has 0 radical (unpaired) electrons. The lowest BCUT2D eigenvalue weighted by Gasteiger charge is -2.08. The minimum atomic E-state index is -0.413. The van der Waals surface area contributed by atoms with Gasteiger partial charge in [0.25, 0.3) is 0 Å². The molecule has 2 aromatic carbocycles. The molecule has 36 heavy (non-hydrogen) atoms. The number of ketones is 1. The lowest BCUT2D eigenvalue weighted by molar-refractivity contribution is 0.0378. The van der Waals surface area contributed by atoms with Crippen LogP contribution in [0.5, 0.6) is 0 Å². The summed E-state index contributed by atoms with van der Waals surface area (Å²) >= 11 is 0. The fourth-order valence-electron chi connectivity index (χ4n) is 3.77. The molecule has 1 N–H and O–H groups in total. The summed E-state index contributed by atoms with van der Waals surface area (Å²) in [6, 6.07) is 12.5. The molecule has 1 heterocycles. The number of hydrogen-bond acceptors (Lipinski definition) is 5. The SMILES string of the molecule is CCCCNCC#Cc1ccc(C(=O)c2c(CCCC)oc3ccc(C(=O)OC(C)C)cc23)cc1.Cl. The highest BCUT2D eigenvalue weighted by atomic mass is 35.5. The molecule has 0 bridgehead atoms. The fourth-order valence-corrected chi connectivity index (χ4v) is 3.77. The molecule has 0 amide bonds. The van der Waals surface area contributed by atoms with Crippen LogP contribution in [0.2, 0.25) is 0 Å². The number of unbranched alkanes of at least 4 members (excludes halogenated alkanes) is 2. The van der Waals surface area contributed by atoms with Crippen molar-refractivity contribution < 1.29 is 18.7 Å². The van der Waals surface area contributed by atoms with E-state index in [0.717, 1.165) is 37.8 Å². The monoisotopic (exact) mass is 509 g/mol. The molecule has 192 valence electrons. The number of furan rings is 1. The minimum Gasteiger partial charge on any atom is -0.460 e. The highest BCUT2D eigenvalue weighted by Gasteiger charge is 2.23. The third kappa shape index (κ3) is 7.71. The van der Waals surface area contributed by atoms with Gasteiger partial charge in [-0.1, -0.05) is 38.5 Å². The second-order valence-electron chi connectivity index (χ2n) is 8.91. The van der Waals surface area contributed by atoms with Crippen molar-refractivity contribution in [2.24, 2.45) is 0 Å². The van der Waals surface area contributed by atoms with Crippen LogP contribution in [0.4, 0.5) is 0 Å². The van der Waals surface area contributed by atoms with Gasteiger partial charge in [0.05, 0.1) is 23.8 Å². The average molecular weight is 510 g/mol. The van der Waals surface area contributed by atoms with Gasteiger partial charge in [0, 0.05) is 22.9 Å². The Hall–Kier alpha value is -3.07. The van der Waals surface area contributed by atoms with Crippen LogP contribution in [-0.2, 0) is 11.2 Å². The van der Waals surface area contributed by atoms with E-state index in [1.165, 1.54) is 0 Å². The number of fused-ring (bicyclic) bond motifs is 1. The van der Waals surface area contributed by atoms with E-state index in [-0.39, 0.29) is 24.3 Å². The van der Waals surface area contributed by atoms with Gasteiger partial charge in [0.2, 0.25) is 0 Å². The molecule has 0 fully saturated rings. The van der Waals surface area contributed by atoms with Gasteiger partial charge >= 0.3 is 5.97 Å². The third-order valence-corrected chi connectivity index (χ3v) is 5.62. The maximum atomic E-state index is 13.6. The van der Waals surface area contributed by atoms with Crippen molar-refractivity contribution in [1.82, 2.24) is 5.32 Å². The molecule has 0 aliphatic carbocycles.